The summed E-state index contributed by atoms with van der Waals surface area (Å²) in [4.78, 5) is 7.47. The molecule has 0 fully saturated rings. The van der Waals surface area contributed by atoms with Crippen molar-refractivity contribution in [3.63, 3.8) is 0 Å². The smallest absolute Gasteiger partial charge is 0.139 e. The molecule has 0 atom stereocenters. The van der Waals surface area contributed by atoms with Gasteiger partial charge in [0.1, 0.15) is 22.4 Å². The van der Waals surface area contributed by atoms with Crippen LogP contribution in [0, 0.1) is 5.41 Å². The van der Waals surface area contributed by atoms with Crippen molar-refractivity contribution >= 4 is 39.8 Å². The lowest BCUT2D eigenvalue weighted by molar-refractivity contribution is 0.340. The van der Waals surface area contributed by atoms with Crippen molar-refractivity contribution in [3.8, 4) is 16.3 Å². The van der Waals surface area contributed by atoms with Gasteiger partial charge in [-0.1, -0.05) is 12.1 Å². The van der Waals surface area contributed by atoms with Crippen LogP contribution in [-0.2, 0) is 0 Å². The zero-order valence-corrected chi connectivity index (χ0v) is 15.7. The minimum absolute atomic E-state index is 0.170. The summed E-state index contributed by atoms with van der Waals surface area (Å²) >= 11 is 3.07. The Labute approximate surface area is 159 Å². The van der Waals surface area contributed by atoms with Crippen molar-refractivity contribution in [1.29, 1.82) is 5.41 Å². The van der Waals surface area contributed by atoms with Gasteiger partial charge in [-0.2, -0.15) is 0 Å². The molecule has 26 heavy (non-hydrogen) atoms. The van der Waals surface area contributed by atoms with Crippen molar-refractivity contribution in [3.05, 3.63) is 57.9 Å². The summed E-state index contributed by atoms with van der Waals surface area (Å²) in [5, 5.41) is 23.7. The lowest BCUT2D eigenvalue weighted by Crippen LogP contribution is -2.26. The van der Waals surface area contributed by atoms with Crippen LogP contribution >= 0.6 is 22.7 Å². The van der Waals surface area contributed by atoms with E-state index >= 15 is 0 Å². The van der Waals surface area contributed by atoms with E-state index in [4.69, 9.17) is 10.1 Å². The molecule has 0 aliphatic carbocycles. The lowest BCUT2D eigenvalue weighted by atomic mass is 10.2. The quantitative estimate of drug-likeness (QED) is 0.648. The van der Waals surface area contributed by atoms with E-state index in [9.17, 15) is 5.11 Å². The number of rotatable bonds is 5. The summed E-state index contributed by atoms with van der Waals surface area (Å²) in [6, 6.07) is 11.6. The van der Waals surface area contributed by atoms with Gasteiger partial charge in [0.25, 0.3) is 0 Å². The van der Waals surface area contributed by atoms with Gasteiger partial charge in [-0.05, 0) is 30.5 Å². The topological polar surface area (TPSA) is 69.4 Å². The number of benzene rings is 1. The summed E-state index contributed by atoms with van der Waals surface area (Å²) in [7, 11) is 0. The highest BCUT2D eigenvalue weighted by atomic mass is 32.1. The van der Waals surface area contributed by atoms with Crippen LogP contribution in [0.5, 0.6) is 5.75 Å². The molecule has 1 aliphatic heterocycles. The van der Waals surface area contributed by atoms with Crippen molar-refractivity contribution in [2.75, 3.05) is 18.1 Å². The number of aliphatic hydroxyl groups excluding tert-OH is 1. The number of nitrogens with one attached hydrogen (secondary N) is 1. The van der Waals surface area contributed by atoms with E-state index in [2.05, 4.69) is 4.98 Å². The second kappa shape index (κ2) is 6.93. The fourth-order valence-electron chi connectivity index (χ4n) is 2.86. The third-order valence-electron chi connectivity index (χ3n) is 4.04. The zero-order chi connectivity index (χ0) is 18.1. The van der Waals surface area contributed by atoms with Crippen molar-refractivity contribution in [1.82, 2.24) is 4.98 Å². The number of nitrogens with zero attached hydrogens (tertiary/aromatic N) is 2. The Morgan fingerprint density at radius 3 is 2.92 bits per heavy atom. The molecule has 3 heterocycles. The molecule has 0 radical (unpaired) electrons. The first kappa shape index (κ1) is 16.8. The monoisotopic (exact) mass is 383 g/mol. The molecule has 0 amide bonds. The lowest BCUT2D eigenvalue weighted by Gasteiger charge is -2.19. The molecule has 132 valence electrons. The summed E-state index contributed by atoms with van der Waals surface area (Å²) in [5.74, 6) is 1.17. The van der Waals surface area contributed by atoms with E-state index < -0.39 is 0 Å². The number of hydrogen-bond acceptors (Lipinski definition) is 6. The molecule has 4 rings (SSSR count). The summed E-state index contributed by atoms with van der Waals surface area (Å²) in [6.45, 7) is 2.78. The molecule has 0 saturated carbocycles. The molecule has 5 nitrogen and oxygen atoms in total. The van der Waals surface area contributed by atoms with E-state index in [-0.39, 0.29) is 18.1 Å². The average Bonchev–Trinajstić information content (AvgIpc) is 3.36. The molecule has 2 N–H and O–H groups in total. The highest BCUT2D eigenvalue weighted by Crippen LogP contribution is 2.35. The Kier molecular flexibility index (Phi) is 4.48. The third-order valence-corrected chi connectivity index (χ3v) is 5.79. The molecule has 3 aromatic rings. The number of aromatic nitrogens is 1. The second-order valence-electron chi connectivity index (χ2n) is 5.70. The van der Waals surface area contributed by atoms with Crippen LogP contribution in [0.1, 0.15) is 11.9 Å². The molecule has 0 spiro atoms. The van der Waals surface area contributed by atoms with Gasteiger partial charge in [-0.3, -0.25) is 5.41 Å². The van der Waals surface area contributed by atoms with Crippen LogP contribution in [0.3, 0.4) is 0 Å². The highest BCUT2D eigenvalue weighted by Gasteiger charge is 2.31. The number of hydrogen-bond donors (Lipinski definition) is 2. The standard InChI is InChI=1S/C19H17N3O2S2/c1-2-24-13-6-3-5-12(9-13)22-10-15(23)17(18(22)20)19-21-14(11-26-19)16-7-4-8-25-16/h3-9,11,20,23H,2,10H2,1H3. The Hall–Kier alpha value is -2.64. The van der Waals surface area contributed by atoms with Gasteiger partial charge in [0, 0.05) is 17.1 Å². The molecule has 0 unspecified atom stereocenters. The first-order valence-corrected chi connectivity index (χ1v) is 9.94. The molecule has 7 heteroatoms. The Bertz CT molecular complexity index is 976. The molecule has 0 bridgehead atoms. The van der Waals surface area contributed by atoms with E-state index in [1.807, 2.05) is 54.1 Å². The summed E-state index contributed by atoms with van der Waals surface area (Å²) in [5.41, 5.74) is 2.20. The van der Waals surface area contributed by atoms with Crippen LogP contribution in [0.2, 0.25) is 0 Å². The third kappa shape index (κ3) is 3.00. The Morgan fingerprint density at radius 1 is 1.27 bits per heavy atom. The van der Waals surface area contributed by atoms with Gasteiger partial charge in [0.2, 0.25) is 0 Å². The maximum absolute atomic E-state index is 10.5. The summed E-state index contributed by atoms with van der Waals surface area (Å²) < 4.78 is 5.54. The van der Waals surface area contributed by atoms with Crippen LogP contribution in [0.15, 0.2) is 52.9 Å². The molecular formula is C19H17N3O2S2. The SMILES string of the molecule is CCOc1cccc(N2CC(O)=C(c3nc(-c4cccs4)cs3)C2=N)c1. The average molecular weight is 383 g/mol. The highest BCUT2D eigenvalue weighted by molar-refractivity contribution is 7.14. The number of ether oxygens (including phenoxy) is 1. The largest absolute Gasteiger partial charge is 0.510 e. The van der Waals surface area contributed by atoms with Crippen LogP contribution in [0.4, 0.5) is 5.69 Å². The molecule has 1 aromatic carbocycles. The second-order valence-corrected chi connectivity index (χ2v) is 7.51. The molecule has 2 aromatic heterocycles. The number of thiazole rings is 1. The first-order valence-electron chi connectivity index (χ1n) is 8.18. The van der Waals surface area contributed by atoms with Crippen LogP contribution in [-0.4, -0.2) is 29.1 Å². The Balaban J connectivity index is 1.62. The van der Waals surface area contributed by atoms with Crippen LogP contribution in [0.25, 0.3) is 16.1 Å². The van der Waals surface area contributed by atoms with E-state index in [1.54, 1.807) is 16.2 Å². The minimum atomic E-state index is 0.170. The zero-order valence-electron chi connectivity index (χ0n) is 14.1. The van der Waals surface area contributed by atoms with Gasteiger partial charge in [0.15, 0.2) is 0 Å². The fraction of sp³-hybridized carbons (Fsp3) is 0.158. The van der Waals surface area contributed by atoms with E-state index in [1.165, 1.54) is 11.3 Å². The molecule has 1 aliphatic rings. The first-order chi connectivity index (χ1) is 12.7. The van der Waals surface area contributed by atoms with Crippen LogP contribution < -0.4 is 9.64 Å². The fourth-order valence-corrected chi connectivity index (χ4v) is 4.51. The normalized spacial score (nSPS) is 14.3. The van der Waals surface area contributed by atoms with Crippen molar-refractivity contribution < 1.29 is 9.84 Å². The van der Waals surface area contributed by atoms with Crippen molar-refractivity contribution in [2.45, 2.75) is 6.92 Å². The van der Waals surface area contributed by atoms with E-state index in [0.29, 0.717) is 17.2 Å². The molecular weight excluding hydrogens is 366 g/mol. The Morgan fingerprint density at radius 2 is 2.15 bits per heavy atom. The van der Waals surface area contributed by atoms with Gasteiger partial charge >= 0.3 is 0 Å². The predicted octanol–water partition coefficient (Wildman–Crippen LogP) is 5.04. The summed E-state index contributed by atoms with van der Waals surface area (Å²) in [6.07, 6.45) is 0. The number of anilines is 1. The number of amidine groups is 1. The van der Waals surface area contributed by atoms with E-state index in [0.717, 1.165) is 22.0 Å². The van der Waals surface area contributed by atoms with Gasteiger partial charge in [-0.15, -0.1) is 22.7 Å². The van der Waals surface area contributed by atoms with Gasteiger partial charge < -0.3 is 14.7 Å². The minimum Gasteiger partial charge on any atom is -0.510 e. The van der Waals surface area contributed by atoms with Crippen molar-refractivity contribution in [2.24, 2.45) is 0 Å². The number of aliphatic hydroxyl groups is 1. The maximum atomic E-state index is 10.5. The van der Waals surface area contributed by atoms with Gasteiger partial charge in [-0.25, -0.2) is 4.98 Å². The molecule has 0 saturated heterocycles. The predicted molar refractivity (Wildman–Crippen MR) is 108 cm³/mol. The number of thiophene rings is 1. The van der Waals surface area contributed by atoms with Gasteiger partial charge in [0.05, 0.1) is 29.3 Å². The maximum Gasteiger partial charge on any atom is 0.139 e.